The zero-order valence-electron chi connectivity index (χ0n) is 14.1. The van der Waals surface area contributed by atoms with Crippen LogP contribution in [0.15, 0.2) is 51.9 Å². The minimum Gasteiger partial charge on any atom is -0.445 e. The number of carbonyl (C=O) groups is 1. The van der Waals surface area contributed by atoms with Gasteiger partial charge < -0.3 is 13.7 Å². The van der Waals surface area contributed by atoms with Crippen molar-refractivity contribution in [2.45, 2.75) is 25.2 Å². The largest absolute Gasteiger partial charge is 0.445 e. The SMILES string of the molecule is O=C(c1cnco1)N1CCC[C@@H](c2ncc(Cc3cccc(F)c3)o2)C1. The van der Waals surface area contributed by atoms with E-state index in [-0.39, 0.29) is 23.4 Å². The van der Waals surface area contributed by atoms with E-state index in [0.717, 1.165) is 18.4 Å². The Morgan fingerprint density at radius 2 is 2.27 bits per heavy atom. The maximum Gasteiger partial charge on any atom is 0.291 e. The van der Waals surface area contributed by atoms with Crippen LogP contribution >= 0.6 is 0 Å². The lowest BCUT2D eigenvalue weighted by atomic mass is 9.98. The molecule has 0 saturated carbocycles. The molecule has 26 heavy (non-hydrogen) atoms. The smallest absolute Gasteiger partial charge is 0.291 e. The molecule has 1 aromatic carbocycles. The number of rotatable bonds is 4. The van der Waals surface area contributed by atoms with E-state index in [1.807, 2.05) is 6.07 Å². The molecule has 1 saturated heterocycles. The van der Waals surface area contributed by atoms with Crippen molar-refractivity contribution in [2.24, 2.45) is 0 Å². The number of carbonyl (C=O) groups excluding carboxylic acids is 1. The van der Waals surface area contributed by atoms with Crippen LogP contribution in [0.3, 0.4) is 0 Å². The highest BCUT2D eigenvalue weighted by Gasteiger charge is 2.29. The molecule has 1 aliphatic rings. The molecular weight excluding hydrogens is 337 g/mol. The second-order valence-corrected chi connectivity index (χ2v) is 6.43. The zero-order valence-corrected chi connectivity index (χ0v) is 14.1. The topological polar surface area (TPSA) is 72.4 Å². The third-order valence-electron chi connectivity index (χ3n) is 4.54. The van der Waals surface area contributed by atoms with Crippen LogP contribution in [-0.2, 0) is 6.42 Å². The molecule has 3 aromatic rings. The Morgan fingerprint density at radius 1 is 1.35 bits per heavy atom. The van der Waals surface area contributed by atoms with Gasteiger partial charge in [-0.1, -0.05) is 12.1 Å². The summed E-state index contributed by atoms with van der Waals surface area (Å²) in [4.78, 5) is 22.3. The summed E-state index contributed by atoms with van der Waals surface area (Å²) in [5.74, 6) is 1.15. The third-order valence-corrected chi connectivity index (χ3v) is 4.54. The summed E-state index contributed by atoms with van der Waals surface area (Å²) in [7, 11) is 0. The van der Waals surface area contributed by atoms with Gasteiger partial charge in [-0.3, -0.25) is 4.79 Å². The maximum atomic E-state index is 13.3. The molecule has 7 heteroatoms. The van der Waals surface area contributed by atoms with Gasteiger partial charge in [0, 0.05) is 19.5 Å². The molecule has 2 aromatic heterocycles. The number of nitrogens with zero attached hydrogens (tertiary/aromatic N) is 3. The second kappa shape index (κ2) is 7.11. The van der Waals surface area contributed by atoms with Gasteiger partial charge in [0.2, 0.25) is 5.76 Å². The normalized spacial score (nSPS) is 17.4. The number of hydrogen-bond acceptors (Lipinski definition) is 5. The minimum atomic E-state index is -0.268. The van der Waals surface area contributed by atoms with E-state index in [1.54, 1.807) is 17.2 Å². The van der Waals surface area contributed by atoms with Crippen LogP contribution in [0.25, 0.3) is 0 Å². The van der Waals surface area contributed by atoms with Gasteiger partial charge >= 0.3 is 0 Å². The molecule has 1 amide bonds. The molecule has 6 nitrogen and oxygen atoms in total. The summed E-state index contributed by atoms with van der Waals surface area (Å²) in [5, 5.41) is 0. The third kappa shape index (κ3) is 3.51. The Hall–Kier alpha value is -2.96. The molecule has 0 spiro atoms. The lowest BCUT2D eigenvalue weighted by molar-refractivity contribution is 0.0666. The number of oxazole rings is 2. The Bertz CT molecular complexity index is 891. The first-order valence-corrected chi connectivity index (χ1v) is 8.56. The van der Waals surface area contributed by atoms with Gasteiger partial charge in [0.15, 0.2) is 12.3 Å². The first kappa shape index (κ1) is 16.5. The van der Waals surface area contributed by atoms with Crippen LogP contribution in [0, 0.1) is 5.82 Å². The molecular formula is C19H18FN3O3. The molecule has 1 atom stereocenters. The van der Waals surface area contributed by atoms with Crippen molar-refractivity contribution in [3.63, 3.8) is 0 Å². The van der Waals surface area contributed by atoms with Crippen LogP contribution in [0.1, 0.15) is 46.5 Å². The number of benzene rings is 1. The van der Waals surface area contributed by atoms with Crippen LogP contribution in [0.4, 0.5) is 4.39 Å². The van der Waals surface area contributed by atoms with Gasteiger partial charge in [0.25, 0.3) is 5.91 Å². The zero-order chi connectivity index (χ0) is 17.9. The summed E-state index contributed by atoms with van der Waals surface area (Å²) >= 11 is 0. The Morgan fingerprint density at radius 3 is 3.08 bits per heavy atom. The second-order valence-electron chi connectivity index (χ2n) is 6.43. The van der Waals surface area contributed by atoms with E-state index in [9.17, 15) is 9.18 Å². The predicted molar refractivity (Wildman–Crippen MR) is 90.1 cm³/mol. The predicted octanol–water partition coefficient (Wildman–Crippen LogP) is 3.41. The summed E-state index contributed by atoms with van der Waals surface area (Å²) < 4.78 is 24.3. The lowest BCUT2D eigenvalue weighted by Crippen LogP contribution is -2.39. The van der Waals surface area contributed by atoms with E-state index in [2.05, 4.69) is 9.97 Å². The highest BCUT2D eigenvalue weighted by atomic mass is 19.1. The van der Waals surface area contributed by atoms with Crippen molar-refractivity contribution in [3.8, 4) is 0 Å². The first-order valence-electron chi connectivity index (χ1n) is 8.56. The monoisotopic (exact) mass is 355 g/mol. The molecule has 0 aliphatic carbocycles. The number of likely N-dealkylation sites (tertiary alicyclic amines) is 1. The molecule has 3 heterocycles. The number of amides is 1. The van der Waals surface area contributed by atoms with Crippen molar-refractivity contribution in [1.29, 1.82) is 0 Å². The van der Waals surface area contributed by atoms with Gasteiger partial charge in [-0.05, 0) is 30.5 Å². The van der Waals surface area contributed by atoms with Gasteiger partial charge in [0.1, 0.15) is 11.6 Å². The fraction of sp³-hybridized carbons (Fsp3) is 0.316. The highest BCUT2D eigenvalue weighted by molar-refractivity contribution is 5.91. The van der Waals surface area contributed by atoms with Crippen LogP contribution < -0.4 is 0 Å². The quantitative estimate of drug-likeness (QED) is 0.717. The fourth-order valence-electron chi connectivity index (χ4n) is 3.28. The van der Waals surface area contributed by atoms with Crippen LogP contribution in [0.5, 0.6) is 0 Å². The van der Waals surface area contributed by atoms with Gasteiger partial charge in [-0.25, -0.2) is 14.4 Å². The highest BCUT2D eigenvalue weighted by Crippen LogP contribution is 2.28. The Kier molecular flexibility index (Phi) is 4.51. The summed E-state index contributed by atoms with van der Waals surface area (Å²) in [6.07, 6.45) is 6.61. The molecule has 134 valence electrons. The number of hydrogen-bond donors (Lipinski definition) is 0. The fourth-order valence-corrected chi connectivity index (χ4v) is 3.28. The lowest BCUT2D eigenvalue weighted by Gasteiger charge is -2.30. The van der Waals surface area contributed by atoms with Crippen LogP contribution in [-0.4, -0.2) is 33.9 Å². The maximum absolute atomic E-state index is 13.3. The number of aromatic nitrogens is 2. The average molecular weight is 355 g/mol. The van der Waals surface area contributed by atoms with Gasteiger partial charge in [-0.2, -0.15) is 0 Å². The van der Waals surface area contributed by atoms with E-state index in [1.165, 1.54) is 24.7 Å². The molecule has 1 aliphatic heterocycles. The molecule has 4 rings (SSSR count). The minimum absolute atomic E-state index is 0.0388. The van der Waals surface area contributed by atoms with E-state index in [0.29, 0.717) is 31.2 Å². The van der Waals surface area contributed by atoms with E-state index in [4.69, 9.17) is 8.83 Å². The molecule has 0 unspecified atom stereocenters. The van der Waals surface area contributed by atoms with Crippen molar-refractivity contribution >= 4 is 5.91 Å². The molecule has 0 N–H and O–H groups in total. The van der Waals surface area contributed by atoms with Crippen molar-refractivity contribution in [3.05, 3.63) is 71.8 Å². The molecule has 1 fully saturated rings. The first-order chi connectivity index (χ1) is 12.7. The van der Waals surface area contributed by atoms with Gasteiger partial charge in [-0.15, -0.1) is 0 Å². The van der Waals surface area contributed by atoms with Crippen molar-refractivity contribution < 1.29 is 18.0 Å². The summed E-state index contributed by atoms with van der Waals surface area (Å²) in [6.45, 7) is 1.20. The average Bonchev–Trinajstić information content (AvgIpc) is 3.33. The molecule has 0 radical (unpaired) electrons. The summed E-state index contributed by atoms with van der Waals surface area (Å²) in [6, 6.07) is 6.43. The van der Waals surface area contributed by atoms with E-state index >= 15 is 0 Å². The van der Waals surface area contributed by atoms with Crippen molar-refractivity contribution in [1.82, 2.24) is 14.9 Å². The Balaban J connectivity index is 1.44. The number of piperidine rings is 1. The van der Waals surface area contributed by atoms with Crippen LogP contribution in [0.2, 0.25) is 0 Å². The van der Waals surface area contributed by atoms with E-state index < -0.39 is 0 Å². The van der Waals surface area contributed by atoms with Crippen molar-refractivity contribution in [2.75, 3.05) is 13.1 Å². The number of halogens is 1. The molecule has 0 bridgehead atoms. The summed E-state index contributed by atoms with van der Waals surface area (Å²) in [5.41, 5.74) is 0.832. The van der Waals surface area contributed by atoms with Gasteiger partial charge in [0.05, 0.1) is 18.3 Å². The Labute approximate surface area is 149 Å². The standard InChI is InChI=1S/C19H18FN3O3/c20-15-5-1-3-13(7-15)8-16-9-22-18(26-16)14-4-2-6-23(11-14)19(24)17-10-21-12-25-17/h1,3,5,7,9-10,12,14H,2,4,6,8,11H2/t14-/m1/s1.